The van der Waals surface area contributed by atoms with Gasteiger partial charge in [-0.25, -0.2) is 5.21 Å². The number of carbonyl (C=O) groups is 1. The molecule has 1 aromatic heterocycles. The first-order chi connectivity index (χ1) is 14.0. The first-order valence-electron chi connectivity index (χ1n) is 9.65. The van der Waals surface area contributed by atoms with E-state index in [1.807, 2.05) is 12.1 Å². The number of nitrogens with one attached hydrogen (secondary N) is 1. The first kappa shape index (κ1) is 18.2. The molecule has 1 saturated heterocycles. The summed E-state index contributed by atoms with van der Waals surface area (Å²) in [7, 11) is 0. The summed E-state index contributed by atoms with van der Waals surface area (Å²) in [6.45, 7) is 1.57. The van der Waals surface area contributed by atoms with Crippen LogP contribution in [0.4, 0.5) is 5.69 Å². The van der Waals surface area contributed by atoms with Crippen molar-refractivity contribution in [3.05, 3.63) is 57.7 Å². The van der Waals surface area contributed by atoms with Crippen LogP contribution >= 0.6 is 0 Å². The molecule has 1 amide bonds. The van der Waals surface area contributed by atoms with Crippen molar-refractivity contribution in [2.45, 2.75) is 25.0 Å². The van der Waals surface area contributed by atoms with Gasteiger partial charge in [0.05, 0.1) is 0 Å². The summed E-state index contributed by atoms with van der Waals surface area (Å²) < 4.78 is 13.1. The number of quaternary nitrogens is 1. The maximum Gasteiger partial charge on any atom is 0.315 e. The van der Waals surface area contributed by atoms with E-state index in [1.54, 1.807) is 27.7 Å². The molecule has 3 aliphatic heterocycles. The Kier molecular flexibility index (Phi) is 4.30. The minimum Gasteiger partial charge on any atom is -0.595 e. The molecule has 3 aliphatic rings. The average Bonchev–Trinajstić information content (AvgIpc) is 2.73. The highest BCUT2D eigenvalue weighted by molar-refractivity contribution is 5.82. The van der Waals surface area contributed by atoms with Crippen molar-refractivity contribution >= 4 is 11.6 Å². The molecule has 4 heterocycles. The van der Waals surface area contributed by atoms with Gasteiger partial charge in [-0.3, -0.25) is 9.59 Å². The van der Waals surface area contributed by atoms with E-state index in [0.29, 0.717) is 31.1 Å². The van der Waals surface area contributed by atoms with Crippen molar-refractivity contribution in [1.29, 1.82) is 0 Å². The van der Waals surface area contributed by atoms with Crippen LogP contribution < -0.4 is 20.3 Å². The van der Waals surface area contributed by atoms with E-state index in [4.69, 9.17) is 9.47 Å². The van der Waals surface area contributed by atoms with Gasteiger partial charge in [-0.2, -0.15) is 5.23 Å². The number of hydrogen-bond acceptors (Lipinski definition) is 6. The van der Waals surface area contributed by atoms with Crippen LogP contribution in [0.15, 0.2) is 41.2 Å². The normalized spacial score (nSPS) is 25.9. The lowest BCUT2D eigenvalue weighted by Gasteiger charge is -2.43. The Morgan fingerprint density at radius 3 is 2.72 bits per heavy atom. The standard InChI is InChI=1S/C20H21N3O6/c24-19-15(23(26)27)6-5-14-13-7-12(9-22(14)19)8-21(10-13)20(25)18-11-28-16-3-1-2-4-17(16)29-18/h1-6,12-13,18,23,26H,7-11H2/t12-,13-,18?/m0/s1. The van der Waals surface area contributed by atoms with E-state index in [0.717, 1.165) is 12.1 Å². The molecule has 0 aliphatic carbocycles. The van der Waals surface area contributed by atoms with E-state index in [9.17, 15) is 20.0 Å². The van der Waals surface area contributed by atoms with Crippen molar-refractivity contribution in [2.75, 3.05) is 19.7 Å². The fourth-order valence-corrected chi connectivity index (χ4v) is 4.63. The number of nitrogens with zero attached hydrogens (tertiary/aromatic N) is 2. The maximum absolute atomic E-state index is 13.1. The second-order valence-electron chi connectivity index (χ2n) is 7.80. The Balaban J connectivity index is 1.37. The molecule has 29 heavy (non-hydrogen) atoms. The third kappa shape index (κ3) is 3.07. The summed E-state index contributed by atoms with van der Waals surface area (Å²) in [5.41, 5.74) is 0.109. The molecule has 2 unspecified atom stereocenters. The quantitative estimate of drug-likeness (QED) is 0.691. The van der Waals surface area contributed by atoms with Crippen LogP contribution in [0.25, 0.3) is 0 Å². The minimum absolute atomic E-state index is 0.00112. The van der Waals surface area contributed by atoms with Gasteiger partial charge >= 0.3 is 5.56 Å². The maximum atomic E-state index is 13.1. The zero-order valence-electron chi connectivity index (χ0n) is 15.6. The lowest BCUT2D eigenvalue weighted by atomic mass is 9.83. The summed E-state index contributed by atoms with van der Waals surface area (Å²) in [6, 6.07) is 10.3. The molecule has 0 spiro atoms. The number of piperidine rings is 1. The van der Waals surface area contributed by atoms with Gasteiger partial charge in [-0.1, -0.05) is 12.1 Å². The number of aromatic nitrogens is 1. The first-order valence-corrected chi connectivity index (χ1v) is 9.65. The molecule has 1 aromatic carbocycles. The number of carbonyl (C=O) groups excluding carboxylic acids is 1. The SMILES string of the molecule is O=C(C1COc2ccccc2O1)N1C[C@@H]2C[C@@H](C1)c1ccc([NH+]([O-])O)c(=O)n1C2. The molecular formula is C20H21N3O6. The van der Waals surface area contributed by atoms with Crippen LogP contribution in [0.3, 0.4) is 0 Å². The highest BCUT2D eigenvalue weighted by atomic mass is 16.8. The number of ether oxygens (including phenoxy) is 2. The van der Waals surface area contributed by atoms with Crippen LogP contribution in [-0.2, 0) is 11.3 Å². The monoisotopic (exact) mass is 399 g/mol. The van der Waals surface area contributed by atoms with E-state index < -0.39 is 16.9 Å². The zero-order valence-corrected chi connectivity index (χ0v) is 15.6. The van der Waals surface area contributed by atoms with Crippen molar-refractivity contribution in [2.24, 2.45) is 5.92 Å². The number of pyridine rings is 1. The lowest BCUT2D eigenvalue weighted by Crippen LogP contribution is -3.00. The Morgan fingerprint density at radius 1 is 1.14 bits per heavy atom. The van der Waals surface area contributed by atoms with Gasteiger partial charge in [-0.05, 0) is 30.5 Å². The fraction of sp³-hybridized carbons (Fsp3) is 0.400. The predicted octanol–water partition coefficient (Wildman–Crippen LogP) is 0.0374. The van der Waals surface area contributed by atoms with E-state index in [1.165, 1.54) is 6.07 Å². The van der Waals surface area contributed by atoms with Crippen molar-refractivity contribution in [3.63, 3.8) is 0 Å². The smallest absolute Gasteiger partial charge is 0.315 e. The third-order valence-electron chi connectivity index (χ3n) is 5.93. The highest BCUT2D eigenvalue weighted by Gasteiger charge is 2.40. The molecular weight excluding hydrogens is 378 g/mol. The molecule has 1 fully saturated rings. The van der Waals surface area contributed by atoms with E-state index in [-0.39, 0.29) is 30.0 Å². The number of likely N-dealkylation sites (tertiary alicyclic amines) is 1. The largest absolute Gasteiger partial charge is 0.595 e. The molecule has 5 rings (SSSR count). The summed E-state index contributed by atoms with van der Waals surface area (Å²) in [5, 5.41) is 19.3. The molecule has 0 radical (unpaired) electrons. The van der Waals surface area contributed by atoms with Crippen LogP contribution in [-0.4, -0.2) is 46.4 Å². The van der Waals surface area contributed by atoms with Crippen molar-refractivity contribution in [1.82, 2.24) is 9.47 Å². The second kappa shape index (κ2) is 6.87. The van der Waals surface area contributed by atoms with Gasteiger partial charge in [0.25, 0.3) is 5.91 Å². The lowest BCUT2D eigenvalue weighted by molar-refractivity contribution is -0.992. The fourth-order valence-electron chi connectivity index (χ4n) is 4.63. The number of para-hydroxylation sites is 2. The Bertz CT molecular complexity index is 1020. The molecule has 2 N–H and O–H groups in total. The van der Waals surface area contributed by atoms with Gasteiger partial charge in [0, 0.05) is 37.3 Å². The number of rotatable bonds is 2. The Hall–Kier alpha value is -2.88. The molecule has 0 saturated carbocycles. The number of fused-ring (bicyclic) bond motifs is 5. The average molecular weight is 399 g/mol. The Morgan fingerprint density at radius 2 is 1.93 bits per heavy atom. The van der Waals surface area contributed by atoms with Crippen LogP contribution in [0.1, 0.15) is 18.0 Å². The topological polar surface area (TPSA) is 108 Å². The predicted molar refractivity (Wildman–Crippen MR) is 100 cm³/mol. The highest BCUT2D eigenvalue weighted by Crippen LogP contribution is 2.36. The number of benzene rings is 1. The number of amides is 1. The van der Waals surface area contributed by atoms with Gasteiger partial charge in [0.15, 0.2) is 11.5 Å². The van der Waals surface area contributed by atoms with Crippen molar-refractivity contribution < 1.29 is 24.7 Å². The third-order valence-corrected chi connectivity index (χ3v) is 5.93. The summed E-state index contributed by atoms with van der Waals surface area (Å²) >= 11 is 0. The van der Waals surface area contributed by atoms with Gasteiger partial charge in [0.2, 0.25) is 11.8 Å². The number of hydrogen-bond donors (Lipinski definition) is 2. The molecule has 4 atom stereocenters. The molecule has 2 bridgehead atoms. The van der Waals surface area contributed by atoms with E-state index in [2.05, 4.69) is 0 Å². The molecule has 9 nitrogen and oxygen atoms in total. The van der Waals surface area contributed by atoms with Crippen LogP contribution in [0.5, 0.6) is 11.5 Å². The zero-order chi connectivity index (χ0) is 20.1. The minimum atomic E-state index is -1.22. The van der Waals surface area contributed by atoms with Crippen LogP contribution in [0, 0.1) is 11.1 Å². The summed E-state index contributed by atoms with van der Waals surface area (Å²) in [6.07, 6.45) is 0.181. The summed E-state index contributed by atoms with van der Waals surface area (Å²) in [5.74, 6) is 1.18. The van der Waals surface area contributed by atoms with Gasteiger partial charge < -0.3 is 24.1 Å². The molecule has 2 aromatic rings. The van der Waals surface area contributed by atoms with Crippen molar-refractivity contribution in [3.8, 4) is 11.5 Å². The molecule has 152 valence electrons. The summed E-state index contributed by atoms with van der Waals surface area (Å²) in [4.78, 5) is 27.4. The second-order valence-corrected chi connectivity index (χ2v) is 7.80. The van der Waals surface area contributed by atoms with E-state index >= 15 is 0 Å². The van der Waals surface area contributed by atoms with Gasteiger partial charge in [0.1, 0.15) is 6.61 Å². The van der Waals surface area contributed by atoms with Gasteiger partial charge in [-0.15, -0.1) is 0 Å². The Labute approximate surface area is 166 Å². The molecule has 9 heteroatoms. The van der Waals surface area contributed by atoms with Crippen LogP contribution in [0.2, 0.25) is 0 Å².